The molecule has 0 N–H and O–H groups in total. The van der Waals surface area contributed by atoms with Crippen LogP contribution in [0.25, 0.3) is 0 Å². The summed E-state index contributed by atoms with van der Waals surface area (Å²) < 4.78 is 0. The van der Waals surface area contributed by atoms with Gasteiger partial charge in [0.2, 0.25) is 0 Å². The molecule has 6 aromatic rings. The van der Waals surface area contributed by atoms with E-state index in [1.54, 1.807) is 11.3 Å². The van der Waals surface area contributed by atoms with Gasteiger partial charge in [-0.2, -0.15) is 10.2 Å². The molecule has 0 fully saturated rings. The lowest BCUT2D eigenvalue weighted by Crippen LogP contribution is -1.86. The predicted octanol–water partition coefficient (Wildman–Crippen LogP) is 11.6. The second-order valence-corrected chi connectivity index (χ2v) is 12.1. The molecular weight excluding hydrogens is 677 g/mol. The number of nitrogens with zero attached hydrogens (tertiary/aromatic N) is 10. The summed E-state index contributed by atoms with van der Waals surface area (Å²) >= 11 is 1.62. The van der Waals surface area contributed by atoms with Crippen molar-refractivity contribution < 1.29 is 0 Å². The van der Waals surface area contributed by atoms with Gasteiger partial charge in [0.1, 0.15) is 21.7 Å². The van der Waals surface area contributed by atoms with Crippen LogP contribution in [-0.4, -0.2) is 50.3 Å². The molecule has 0 aliphatic heterocycles. The Morgan fingerprint density at radius 1 is 0.302 bits per heavy atom. The molecule has 6 aromatic heterocycles. The Hall–Kier alpha value is -4.90. The zero-order chi connectivity index (χ0) is 35.2. The maximum Gasteiger partial charge on any atom is 0.125 e. The van der Waals surface area contributed by atoms with Crippen LogP contribution in [0.3, 0.4) is 0 Å². The number of aromatic nitrogens is 10. The number of hydrogen-bond acceptors (Lipinski definition) is 11. The molecule has 0 saturated heterocycles. The Morgan fingerprint density at radius 3 is 0.736 bits per heavy atom. The van der Waals surface area contributed by atoms with E-state index in [9.17, 15) is 0 Å². The molecule has 10 nitrogen and oxygen atoms in total. The van der Waals surface area contributed by atoms with E-state index in [1.807, 2.05) is 145 Å². The SMILES string of the molecule is C.C.C.C.C.C.Cc1ccc(C)nc1.Cc1ccc(C)nc1.Cc1ccc(C)nn1.Cc1cnc(C)nc1.Cc1cnc(C)nc1.Cc1nnc(C)s1. The normalized spacial score (nSPS) is 8.23. The second kappa shape index (κ2) is 34.2. The Labute approximate surface area is 328 Å². The Balaban J connectivity index is -0.000000122. The van der Waals surface area contributed by atoms with Crippen molar-refractivity contribution in [3.05, 3.63) is 140 Å². The van der Waals surface area contributed by atoms with Crippen LogP contribution >= 0.6 is 11.3 Å². The van der Waals surface area contributed by atoms with E-state index in [0.717, 1.165) is 55.6 Å². The first kappa shape index (κ1) is 60.2. The number of hydrogen-bond donors (Lipinski definition) is 0. The number of aryl methyl sites for hydroxylation is 12. The quantitative estimate of drug-likeness (QED) is 0.148. The molecule has 6 rings (SSSR count). The Bertz CT molecular complexity index is 1280. The minimum Gasteiger partial charge on any atom is -0.261 e. The van der Waals surface area contributed by atoms with E-state index in [4.69, 9.17) is 0 Å². The molecule has 0 spiro atoms. The topological polar surface area (TPSA) is 129 Å². The first-order valence-electron chi connectivity index (χ1n) is 15.1. The first-order valence-corrected chi connectivity index (χ1v) is 15.9. The van der Waals surface area contributed by atoms with Crippen LogP contribution in [-0.2, 0) is 0 Å². The highest BCUT2D eigenvalue weighted by atomic mass is 32.1. The van der Waals surface area contributed by atoms with Crippen molar-refractivity contribution in [2.24, 2.45) is 0 Å². The van der Waals surface area contributed by atoms with Gasteiger partial charge in [-0.3, -0.25) is 9.97 Å². The lowest BCUT2D eigenvalue weighted by atomic mass is 10.3. The van der Waals surface area contributed by atoms with Crippen molar-refractivity contribution in [3.63, 3.8) is 0 Å². The molecule has 11 heteroatoms. The number of pyridine rings is 2. The Morgan fingerprint density at radius 2 is 0.566 bits per heavy atom. The molecule has 0 aromatic carbocycles. The summed E-state index contributed by atoms with van der Waals surface area (Å²) in [4.78, 5) is 24.0. The summed E-state index contributed by atoms with van der Waals surface area (Å²) in [6.07, 6.45) is 11.0. The summed E-state index contributed by atoms with van der Waals surface area (Å²) in [7, 11) is 0. The highest BCUT2D eigenvalue weighted by molar-refractivity contribution is 7.11. The van der Waals surface area contributed by atoms with Crippen molar-refractivity contribution in [2.75, 3.05) is 0 Å². The summed E-state index contributed by atoms with van der Waals surface area (Å²) in [5.41, 5.74) is 8.75. The zero-order valence-electron chi connectivity index (χ0n) is 29.8. The van der Waals surface area contributed by atoms with Gasteiger partial charge in [0.25, 0.3) is 0 Å². The van der Waals surface area contributed by atoms with Gasteiger partial charge in [0.15, 0.2) is 0 Å². The first-order chi connectivity index (χ1) is 22.2. The van der Waals surface area contributed by atoms with E-state index in [0.29, 0.717) is 0 Å². The molecule has 0 saturated carbocycles. The van der Waals surface area contributed by atoms with Gasteiger partial charge < -0.3 is 0 Å². The van der Waals surface area contributed by atoms with E-state index in [1.165, 1.54) is 11.1 Å². The molecule has 0 radical (unpaired) electrons. The maximum atomic E-state index is 4.08. The lowest BCUT2D eigenvalue weighted by molar-refractivity contribution is 0.941. The molecular formula is C42H72N10S. The van der Waals surface area contributed by atoms with Crippen LogP contribution in [0, 0.1) is 83.1 Å². The highest BCUT2D eigenvalue weighted by Gasteiger charge is 1.88. The summed E-state index contributed by atoms with van der Waals surface area (Å²) in [5, 5.41) is 17.3. The molecule has 0 aliphatic rings. The molecule has 0 unspecified atom stereocenters. The fourth-order valence-electron chi connectivity index (χ4n) is 2.86. The number of rotatable bonds is 0. The molecule has 53 heavy (non-hydrogen) atoms. The molecule has 0 atom stereocenters. The van der Waals surface area contributed by atoms with Gasteiger partial charge >= 0.3 is 0 Å². The minimum atomic E-state index is 0. The second-order valence-electron chi connectivity index (χ2n) is 10.7. The lowest BCUT2D eigenvalue weighted by Gasteiger charge is -1.89. The van der Waals surface area contributed by atoms with Gasteiger partial charge in [0, 0.05) is 48.6 Å². The van der Waals surface area contributed by atoms with Crippen molar-refractivity contribution >= 4 is 11.3 Å². The fourth-order valence-corrected chi connectivity index (χ4v) is 3.45. The third kappa shape index (κ3) is 32.7. The summed E-state index contributed by atoms with van der Waals surface area (Å²) in [5.74, 6) is 1.66. The van der Waals surface area contributed by atoms with E-state index in [-0.39, 0.29) is 44.6 Å². The van der Waals surface area contributed by atoms with Crippen LogP contribution in [0.2, 0.25) is 0 Å². The van der Waals surface area contributed by atoms with Crippen molar-refractivity contribution in [2.45, 2.75) is 128 Å². The summed E-state index contributed by atoms with van der Waals surface area (Å²) in [6, 6.07) is 12.0. The average Bonchev–Trinajstić information content (AvgIpc) is 3.44. The zero-order valence-corrected chi connectivity index (χ0v) is 30.6. The van der Waals surface area contributed by atoms with Crippen molar-refractivity contribution in [3.8, 4) is 0 Å². The third-order valence-corrected chi connectivity index (χ3v) is 6.25. The van der Waals surface area contributed by atoms with E-state index < -0.39 is 0 Å². The smallest absolute Gasteiger partial charge is 0.125 e. The van der Waals surface area contributed by atoms with E-state index >= 15 is 0 Å². The average molecular weight is 749 g/mol. The molecule has 0 amide bonds. The van der Waals surface area contributed by atoms with Crippen LogP contribution < -0.4 is 0 Å². The van der Waals surface area contributed by atoms with Crippen LogP contribution in [0.1, 0.15) is 111 Å². The van der Waals surface area contributed by atoms with Crippen molar-refractivity contribution in [1.29, 1.82) is 0 Å². The minimum absolute atomic E-state index is 0. The fraction of sp³-hybridized carbons (Fsp3) is 0.429. The van der Waals surface area contributed by atoms with E-state index in [2.05, 4.69) is 62.4 Å². The van der Waals surface area contributed by atoms with Crippen LogP contribution in [0.15, 0.2) is 73.6 Å². The largest absolute Gasteiger partial charge is 0.261 e. The maximum absolute atomic E-state index is 4.08. The highest BCUT2D eigenvalue weighted by Crippen LogP contribution is 2.04. The molecule has 296 valence electrons. The summed E-state index contributed by atoms with van der Waals surface area (Å²) in [6.45, 7) is 23.5. The van der Waals surface area contributed by atoms with Crippen LogP contribution in [0.5, 0.6) is 0 Å². The third-order valence-electron chi connectivity index (χ3n) is 5.50. The standard InChI is InChI=1S/2C7H9N.3C6H8N2.C4H6N2S.6CH4/c2*1-6-3-4-7(2)8-5-6;2*1-5-3-7-6(2)8-4-5;1-5-3-4-6(2)8-7-5;1-3-5-6-4(2)7-3;;;;;;/h2*3-5H,1-2H3;3*3-4H,1-2H3;1-2H3;6*1H4. The molecule has 0 aliphatic carbocycles. The van der Waals surface area contributed by atoms with Crippen molar-refractivity contribution in [1.82, 2.24) is 50.3 Å². The monoisotopic (exact) mass is 749 g/mol. The van der Waals surface area contributed by atoms with Crippen LogP contribution in [0.4, 0.5) is 0 Å². The molecule has 6 heterocycles. The van der Waals surface area contributed by atoms with Gasteiger partial charge in [-0.05, 0) is 130 Å². The van der Waals surface area contributed by atoms with Gasteiger partial charge in [0.05, 0.1) is 11.4 Å². The molecule has 0 bridgehead atoms. The van der Waals surface area contributed by atoms with Gasteiger partial charge in [-0.15, -0.1) is 21.5 Å². The van der Waals surface area contributed by atoms with Gasteiger partial charge in [-0.25, -0.2) is 19.9 Å². The Kier molecular flexibility index (Phi) is 38.8. The van der Waals surface area contributed by atoms with Gasteiger partial charge in [-0.1, -0.05) is 56.7 Å². The predicted molar refractivity (Wildman–Crippen MR) is 232 cm³/mol.